The van der Waals surface area contributed by atoms with Gasteiger partial charge in [0.15, 0.2) is 0 Å². The molecule has 6 nitrogen and oxygen atoms in total. The Morgan fingerprint density at radius 2 is 1.54 bits per heavy atom. The van der Waals surface area contributed by atoms with Crippen LogP contribution in [-0.4, -0.2) is 24.4 Å². The molecule has 3 aromatic rings. The lowest BCUT2D eigenvalue weighted by molar-refractivity contribution is -0.120. The lowest BCUT2D eigenvalue weighted by atomic mass is 10.1. The molecule has 0 aliphatic carbocycles. The van der Waals surface area contributed by atoms with Crippen LogP contribution in [0.2, 0.25) is 0 Å². The number of para-hydroxylation sites is 1. The average molecular weight is 487 g/mol. The summed E-state index contributed by atoms with van der Waals surface area (Å²) in [6.45, 7) is 7.81. The molecule has 0 spiro atoms. The van der Waals surface area contributed by atoms with Crippen LogP contribution in [0.4, 0.5) is 11.4 Å². The minimum absolute atomic E-state index is 0.156. The van der Waals surface area contributed by atoms with Gasteiger partial charge in [-0.05, 0) is 75.2 Å². The first-order chi connectivity index (χ1) is 16.8. The first kappa shape index (κ1) is 24.3. The number of aryl methyl sites for hydroxylation is 3. The molecule has 0 fully saturated rings. The van der Waals surface area contributed by atoms with Crippen LogP contribution >= 0.6 is 11.8 Å². The van der Waals surface area contributed by atoms with Crippen LogP contribution in [0.5, 0.6) is 0 Å². The molecule has 0 unspecified atom stereocenters. The van der Waals surface area contributed by atoms with E-state index < -0.39 is 17.8 Å². The number of thioether (sulfide) groups is 1. The topological polar surface area (TPSA) is 75.7 Å². The highest BCUT2D eigenvalue weighted by Gasteiger charge is 2.41. The molecule has 1 aliphatic rings. The van der Waals surface area contributed by atoms with Gasteiger partial charge in [-0.1, -0.05) is 47.7 Å². The molecule has 2 amide bonds. The SMILES string of the molecule is CCOC(=O)c1ccccc1N1C(=O)C(Nc2cc(C)cc(C)c2)=C(Sc2ccc(C)cc2)C1=O. The fraction of sp³-hybridized carbons (Fsp3) is 0.179. The highest BCUT2D eigenvalue weighted by atomic mass is 32.2. The van der Waals surface area contributed by atoms with Crippen LogP contribution in [0.1, 0.15) is 34.0 Å². The number of carbonyl (C=O) groups excluding carboxylic acids is 3. The molecule has 4 rings (SSSR count). The van der Waals surface area contributed by atoms with Gasteiger partial charge in [-0.2, -0.15) is 0 Å². The van der Waals surface area contributed by atoms with E-state index in [1.807, 2.05) is 63.2 Å². The van der Waals surface area contributed by atoms with Crippen LogP contribution in [0.15, 0.2) is 82.2 Å². The molecule has 0 saturated carbocycles. The Morgan fingerprint density at radius 3 is 2.20 bits per heavy atom. The van der Waals surface area contributed by atoms with Crippen molar-refractivity contribution in [1.82, 2.24) is 0 Å². The van der Waals surface area contributed by atoms with Crippen molar-refractivity contribution in [3.05, 3.63) is 99.6 Å². The summed E-state index contributed by atoms with van der Waals surface area (Å²) in [7, 11) is 0. The number of nitrogens with zero attached hydrogens (tertiary/aromatic N) is 1. The molecular formula is C28H26N2O4S. The Labute approximate surface area is 209 Å². The number of nitrogens with one attached hydrogen (secondary N) is 1. The van der Waals surface area contributed by atoms with E-state index in [9.17, 15) is 14.4 Å². The zero-order chi connectivity index (χ0) is 25.1. The van der Waals surface area contributed by atoms with Crippen molar-refractivity contribution in [2.45, 2.75) is 32.6 Å². The molecule has 0 bridgehead atoms. The normalized spacial score (nSPS) is 13.4. The molecule has 0 radical (unpaired) electrons. The number of benzene rings is 3. The minimum Gasteiger partial charge on any atom is -0.462 e. The standard InChI is InChI=1S/C28H26N2O4S/c1-5-34-28(33)22-8-6-7-9-23(22)30-26(31)24(29-20-15-18(3)14-19(4)16-20)25(27(30)32)35-21-12-10-17(2)11-13-21/h6-16,29H,5H2,1-4H3. The summed E-state index contributed by atoms with van der Waals surface area (Å²) in [5, 5.41) is 3.19. The van der Waals surface area contributed by atoms with Gasteiger partial charge < -0.3 is 10.1 Å². The second kappa shape index (κ2) is 10.2. The maximum absolute atomic E-state index is 13.7. The summed E-state index contributed by atoms with van der Waals surface area (Å²) in [4.78, 5) is 42.1. The zero-order valence-corrected chi connectivity index (χ0v) is 20.9. The highest BCUT2D eigenvalue weighted by molar-refractivity contribution is 8.04. The number of esters is 1. The third-order valence-electron chi connectivity index (χ3n) is 5.41. The lowest BCUT2D eigenvalue weighted by Crippen LogP contribution is -2.33. The monoisotopic (exact) mass is 486 g/mol. The number of ether oxygens (including phenoxy) is 1. The maximum atomic E-state index is 13.7. The number of carbonyl (C=O) groups is 3. The molecule has 7 heteroatoms. The largest absolute Gasteiger partial charge is 0.462 e. The summed E-state index contributed by atoms with van der Waals surface area (Å²) in [5.41, 5.74) is 4.38. The number of hydrogen-bond donors (Lipinski definition) is 1. The lowest BCUT2D eigenvalue weighted by Gasteiger charge is -2.18. The Hall–Kier alpha value is -3.84. The summed E-state index contributed by atoms with van der Waals surface area (Å²) < 4.78 is 5.16. The summed E-state index contributed by atoms with van der Waals surface area (Å²) in [5.74, 6) is -1.61. The Bertz CT molecular complexity index is 1330. The van der Waals surface area contributed by atoms with E-state index in [4.69, 9.17) is 4.74 Å². The molecule has 1 N–H and O–H groups in total. The molecule has 35 heavy (non-hydrogen) atoms. The summed E-state index contributed by atoms with van der Waals surface area (Å²) in [6, 6.07) is 20.1. The van der Waals surface area contributed by atoms with Gasteiger partial charge in [0.2, 0.25) is 0 Å². The first-order valence-corrected chi connectivity index (χ1v) is 12.1. The molecule has 178 valence electrons. The van der Waals surface area contributed by atoms with Gasteiger partial charge in [0, 0.05) is 10.6 Å². The Kier molecular flexibility index (Phi) is 7.07. The summed E-state index contributed by atoms with van der Waals surface area (Å²) in [6.07, 6.45) is 0. The van der Waals surface area contributed by atoms with Crippen molar-refractivity contribution in [3.8, 4) is 0 Å². The molecule has 0 aromatic heterocycles. The van der Waals surface area contributed by atoms with Crippen molar-refractivity contribution >= 4 is 40.9 Å². The van der Waals surface area contributed by atoms with Gasteiger partial charge in [-0.15, -0.1) is 0 Å². The van der Waals surface area contributed by atoms with E-state index in [-0.39, 0.29) is 28.5 Å². The van der Waals surface area contributed by atoms with Gasteiger partial charge in [0.25, 0.3) is 11.8 Å². The molecule has 0 saturated heterocycles. The molecule has 1 heterocycles. The van der Waals surface area contributed by atoms with E-state index in [2.05, 4.69) is 5.32 Å². The van der Waals surface area contributed by atoms with Gasteiger partial charge in [0.1, 0.15) is 10.6 Å². The van der Waals surface area contributed by atoms with Gasteiger partial charge in [-0.3, -0.25) is 9.59 Å². The third kappa shape index (κ3) is 5.15. The second-order valence-electron chi connectivity index (χ2n) is 8.30. The smallest absolute Gasteiger partial charge is 0.340 e. The fourth-order valence-corrected chi connectivity index (χ4v) is 4.83. The Balaban J connectivity index is 1.79. The van der Waals surface area contributed by atoms with Crippen molar-refractivity contribution < 1.29 is 19.1 Å². The molecule has 0 atom stereocenters. The number of hydrogen-bond acceptors (Lipinski definition) is 6. The van der Waals surface area contributed by atoms with Crippen LogP contribution in [0.25, 0.3) is 0 Å². The first-order valence-electron chi connectivity index (χ1n) is 11.3. The van der Waals surface area contributed by atoms with Gasteiger partial charge in [0.05, 0.1) is 17.9 Å². The maximum Gasteiger partial charge on any atom is 0.340 e. The third-order valence-corrected chi connectivity index (χ3v) is 6.50. The summed E-state index contributed by atoms with van der Waals surface area (Å²) >= 11 is 1.22. The molecule has 1 aliphatic heterocycles. The zero-order valence-electron chi connectivity index (χ0n) is 20.0. The van der Waals surface area contributed by atoms with E-state index >= 15 is 0 Å². The number of amides is 2. The Morgan fingerprint density at radius 1 is 0.886 bits per heavy atom. The van der Waals surface area contributed by atoms with Gasteiger partial charge in [-0.25, -0.2) is 9.69 Å². The van der Waals surface area contributed by atoms with Crippen molar-refractivity contribution in [3.63, 3.8) is 0 Å². The van der Waals surface area contributed by atoms with Crippen molar-refractivity contribution in [1.29, 1.82) is 0 Å². The predicted molar refractivity (Wildman–Crippen MR) is 138 cm³/mol. The minimum atomic E-state index is -0.591. The van der Waals surface area contributed by atoms with Crippen molar-refractivity contribution in [2.75, 3.05) is 16.8 Å². The van der Waals surface area contributed by atoms with Crippen LogP contribution in [0, 0.1) is 20.8 Å². The fourth-order valence-electron chi connectivity index (χ4n) is 3.90. The van der Waals surface area contributed by atoms with Crippen LogP contribution in [0.3, 0.4) is 0 Å². The van der Waals surface area contributed by atoms with Crippen molar-refractivity contribution in [2.24, 2.45) is 0 Å². The van der Waals surface area contributed by atoms with E-state index in [0.29, 0.717) is 5.69 Å². The predicted octanol–water partition coefficient (Wildman–Crippen LogP) is 5.78. The number of anilines is 2. The van der Waals surface area contributed by atoms with Crippen LogP contribution < -0.4 is 10.2 Å². The van der Waals surface area contributed by atoms with E-state index in [1.54, 1.807) is 31.2 Å². The number of rotatable bonds is 7. The van der Waals surface area contributed by atoms with Crippen LogP contribution in [-0.2, 0) is 14.3 Å². The average Bonchev–Trinajstić information content (AvgIpc) is 3.04. The number of imide groups is 1. The van der Waals surface area contributed by atoms with Gasteiger partial charge >= 0.3 is 5.97 Å². The quantitative estimate of drug-likeness (QED) is 0.337. The van der Waals surface area contributed by atoms with E-state index in [1.165, 1.54) is 11.8 Å². The second-order valence-corrected chi connectivity index (χ2v) is 9.39. The van der Waals surface area contributed by atoms with E-state index in [0.717, 1.165) is 26.5 Å². The molecular weight excluding hydrogens is 460 g/mol. The molecule has 3 aromatic carbocycles. The highest BCUT2D eigenvalue weighted by Crippen LogP contribution is 2.39.